The number of carbonyl (C=O) groups is 1. The van der Waals surface area contributed by atoms with Crippen LogP contribution in [0.15, 0.2) is 47.7 Å². The Morgan fingerprint density at radius 2 is 1.76 bits per heavy atom. The molecule has 0 aliphatic rings. The Morgan fingerprint density at radius 1 is 1.06 bits per heavy atom. The molecule has 0 amide bonds. The van der Waals surface area contributed by atoms with Crippen LogP contribution in [0.3, 0.4) is 0 Å². The van der Waals surface area contributed by atoms with Crippen LogP contribution in [0.4, 0.5) is 0 Å². The summed E-state index contributed by atoms with van der Waals surface area (Å²) in [5.41, 5.74) is 3.71. The van der Waals surface area contributed by atoms with Gasteiger partial charge in [-0.25, -0.2) is 15.0 Å². The van der Waals surface area contributed by atoms with Gasteiger partial charge in [-0.2, -0.15) is 0 Å². The Morgan fingerprint density at radius 3 is 2.32 bits per heavy atom. The first kappa shape index (κ1) is 27.2. The normalized spacial score (nSPS) is 13.1. The minimum atomic E-state index is -0.731. The maximum absolute atomic E-state index is 11.4. The van der Waals surface area contributed by atoms with Crippen LogP contribution < -0.4 is 5.32 Å². The van der Waals surface area contributed by atoms with Crippen molar-refractivity contribution in [2.75, 3.05) is 7.05 Å². The van der Waals surface area contributed by atoms with E-state index >= 15 is 0 Å². The van der Waals surface area contributed by atoms with E-state index in [1.54, 1.807) is 0 Å². The third-order valence-electron chi connectivity index (χ3n) is 5.84. The molecule has 1 heterocycles. The topological polar surface area (TPSA) is 87.5 Å². The van der Waals surface area contributed by atoms with Gasteiger partial charge in [-0.05, 0) is 31.2 Å². The summed E-state index contributed by atoms with van der Waals surface area (Å²) in [6.07, 6.45) is 14.5. The molecule has 1 aromatic carbocycles. The Kier molecular flexibility index (Phi) is 12.0. The van der Waals surface area contributed by atoms with Gasteiger partial charge in [0.25, 0.3) is 0 Å². The lowest BCUT2D eigenvalue weighted by Crippen LogP contribution is -2.18. The molecule has 1 unspecified atom stereocenters. The molecule has 2 N–H and O–H groups in total. The van der Waals surface area contributed by atoms with Crippen LogP contribution in [0.25, 0.3) is 17.1 Å². The molecule has 34 heavy (non-hydrogen) atoms. The highest BCUT2D eigenvalue weighted by Gasteiger charge is 2.17. The Labute approximate surface area is 204 Å². The van der Waals surface area contributed by atoms with Crippen LogP contribution in [0.5, 0.6) is 0 Å². The van der Waals surface area contributed by atoms with E-state index < -0.39 is 5.97 Å². The highest BCUT2D eigenvalue weighted by atomic mass is 16.4. The number of benzene rings is 1. The van der Waals surface area contributed by atoms with Crippen molar-refractivity contribution < 1.29 is 9.90 Å². The second-order valence-corrected chi connectivity index (χ2v) is 8.64. The number of amidine groups is 1. The van der Waals surface area contributed by atoms with Crippen LogP contribution in [0.2, 0.25) is 0 Å². The zero-order valence-corrected chi connectivity index (χ0v) is 21.2. The summed E-state index contributed by atoms with van der Waals surface area (Å²) in [5, 5.41) is 12.6. The van der Waals surface area contributed by atoms with Gasteiger partial charge in [0.15, 0.2) is 5.82 Å². The van der Waals surface area contributed by atoms with E-state index in [0.717, 1.165) is 53.9 Å². The molecule has 2 aromatic rings. The molecule has 0 radical (unpaired) electrons. The van der Waals surface area contributed by atoms with E-state index in [4.69, 9.17) is 4.99 Å². The van der Waals surface area contributed by atoms with Crippen LogP contribution in [0.1, 0.15) is 83.3 Å². The van der Waals surface area contributed by atoms with Crippen LogP contribution in [0, 0.1) is 5.92 Å². The summed E-state index contributed by atoms with van der Waals surface area (Å²) in [7, 11) is 1.92. The first-order chi connectivity index (χ1) is 16.5. The summed E-state index contributed by atoms with van der Waals surface area (Å²) < 4.78 is 0. The maximum Gasteiger partial charge on any atom is 0.306 e. The predicted octanol–water partition coefficient (Wildman–Crippen LogP) is 6.53. The fourth-order valence-corrected chi connectivity index (χ4v) is 3.87. The number of unbranched alkanes of at least 4 members (excludes halogenated alkanes) is 3. The number of aliphatic carboxylic acids is 1. The first-order valence-electron chi connectivity index (χ1n) is 12.6. The van der Waals surface area contributed by atoms with Gasteiger partial charge in [0.2, 0.25) is 0 Å². The third-order valence-corrected chi connectivity index (χ3v) is 5.84. The fourth-order valence-electron chi connectivity index (χ4n) is 3.87. The zero-order chi connectivity index (χ0) is 24.8. The molecule has 0 fully saturated rings. The van der Waals surface area contributed by atoms with Gasteiger partial charge in [-0.1, -0.05) is 76.8 Å². The van der Waals surface area contributed by atoms with E-state index in [-0.39, 0.29) is 5.92 Å². The predicted molar refractivity (Wildman–Crippen MR) is 141 cm³/mol. The SMILES string of the molecule is CC/C=C(/N=C(/CCCCCC)NC)c1cnc(-c2ccc(CC(CCC)C(=O)O)cc2)nc1. The third kappa shape index (κ3) is 8.73. The van der Waals surface area contributed by atoms with Crippen molar-refractivity contribution >= 4 is 17.5 Å². The maximum atomic E-state index is 11.4. The summed E-state index contributed by atoms with van der Waals surface area (Å²) >= 11 is 0. The van der Waals surface area contributed by atoms with Crippen LogP contribution >= 0.6 is 0 Å². The number of aliphatic imine (C=N–C) groups is 1. The number of carboxylic acids is 1. The second-order valence-electron chi connectivity index (χ2n) is 8.64. The number of hydrogen-bond donors (Lipinski definition) is 2. The summed E-state index contributed by atoms with van der Waals surface area (Å²) in [6, 6.07) is 7.88. The molecule has 0 aliphatic carbocycles. The van der Waals surface area contributed by atoms with Crippen molar-refractivity contribution in [1.82, 2.24) is 15.3 Å². The molecule has 2 rings (SSSR count). The van der Waals surface area contributed by atoms with Crippen LogP contribution in [-0.2, 0) is 11.2 Å². The van der Waals surface area contributed by atoms with Gasteiger partial charge in [0.1, 0.15) is 5.84 Å². The minimum absolute atomic E-state index is 0.343. The molecule has 0 saturated carbocycles. The number of allylic oxidation sites excluding steroid dienone is 1. The van der Waals surface area contributed by atoms with Crippen molar-refractivity contribution in [2.45, 2.75) is 78.6 Å². The Bertz CT molecular complexity index is 934. The summed E-state index contributed by atoms with van der Waals surface area (Å²) in [5.74, 6) is 0.556. The summed E-state index contributed by atoms with van der Waals surface area (Å²) in [6.45, 7) is 6.33. The van der Waals surface area contributed by atoms with Crippen LogP contribution in [-0.4, -0.2) is 33.9 Å². The Hall–Kier alpha value is -3.02. The van der Waals surface area contributed by atoms with E-state index in [0.29, 0.717) is 18.7 Å². The Balaban J connectivity index is 2.13. The molecule has 1 aromatic heterocycles. The zero-order valence-electron chi connectivity index (χ0n) is 21.2. The molecule has 6 heteroatoms. The number of nitrogens with zero attached hydrogens (tertiary/aromatic N) is 3. The smallest absolute Gasteiger partial charge is 0.306 e. The molecular weight excluding hydrogens is 424 g/mol. The highest BCUT2D eigenvalue weighted by molar-refractivity contribution is 5.87. The molecule has 184 valence electrons. The van der Waals surface area contributed by atoms with E-state index in [2.05, 4.69) is 35.2 Å². The van der Waals surface area contributed by atoms with Crippen molar-refractivity contribution in [3.8, 4) is 11.4 Å². The molecule has 0 bridgehead atoms. The monoisotopic (exact) mass is 464 g/mol. The molecule has 1 atom stereocenters. The number of hydrogen-bond acceptors (Lipinski definition) is 4. The average Bonchev–Trinajstić information content (AvgIpc) is 2.85. The van der Waals surface area contributed by atoms with Gasteiger partial charge in [-0.3, -0.25) is 4.79 Å². The molecular formula is C28H40N4O2. The number of rotatable bonds is 14. The molecule has 0 aliphatic heterocycles. The van der Waals surface area contributed by atoms with Crippen molar-refractivity contribution in [3.05, 3.63) is 53.9 Å². The summed E-state index contributed by atoms with van der Waals surface area (Å²) in [4.78, 5) is 25.5. The number of carboxylic acid groups (broad SMARTS) is 1. The van der Waals surface area contributed by atoms with Crippen molar-refractivity contribution in [3.63, 3.8) is 0 Å². The van der Waals surface area contributed by atoms with Crippen molar-refractivity contribution in [1.29, 1.82) is 0 Å². The largest absolute Gasteiger partial charge is 0.481 e. The number of aromatic nitrogens is 2. The number of nitrogens with one attached hydrogen (secondary N) is 1. The van der Waals surface area contributed by atoms with Gasteiger partial charge >= 0.3 is 5.97 Å². The molecule has 0 spiro atoms. The van der Waals surface area contributed by atoms with Gasteiger partial charge < -0.3 is 10.4 Å². The van der Waals surface area contributed by atoms with Crippen molar-refractivity contribution in [2.24, 2.45) is 10.9 Å². The highest BCUT2D eigenvalue weighted by Crippen LogP contribution is 2.22. The van der Waals surface area contributed by atoms with E-state index in [1.807, 2.05) is 50.6 Å². The molecule has 6 nitrogen and oxygen atoms in total. The lowest BCUT2D eigenvalue weighted by Gasteiger charge is -2.11. The van der Waals surface area contributed by atoms with Gasteiger partial charge in [-0.15, -0.1) is 0 Å². The quantitative estimate of drug-likeness (QED) is 0.189. The average molecular weight is 465 g/mol. The lowest BCUT2D eigenvalue weighted by molar-refractivity contribution is -0.141. The second kappa shape index (κ2) is 15.0. The van der Waals surface area contributed by atoms with E-state index in [9.17, 15) is 9.90 Å². The first-order valence-corrected chi connectivity index (χ1v) is 12.6. The minimum Gasteiger partial charge on any atom is -0.481 e. The fraction of sp³-hybridized carbons (Fsp3) is 0.500. The van der Waals surface area contributed by atoms with E-state index in [1.165, 1.54) is 19.3 Å². The van der Waals surface area contributed by atoms with Gasteiger partial charge in [0.05, 0.1) is 11.6 Å². The van der Waals surface area contributed by atoms with Gasteiger partial charge in [0, 0.05) is 37.0 Å². The lowest BCUT2D eigenvalue weighted by atomic mass is 9.94. The standard InChI is InChI=1S/C28H40N4O2/c1-5-8-9-10-13-26(29-4)32-25(12-7-3)24-19-30-27(31-20-24)22-16-14-21(15-17-22)18-23(11-6-2)28(33)34/h12,14-17,19-20,23H,5-11,13,18H2,1-4H3,(H,29,32)(H,33,34)/b25-12+. The molecule has 0 saturated heterocycles.